The maximum absolute atomic E-state index is 12.3. The number of hydrogen-bond donors (Lipinski definition) is 2. The van der Waals surface area contributed by atoms with Crippen LogP contribution in [0, 0.1) is 0 Å². The summed E-state index contributed by atoms with van der Waals surface area (Å²) >= 11 is 2.46. The molecule has 1 atom stereocenters. The number of nitrogens with one attached hydrogen (secondary N) is 1. The Morgan fingerprint density at radius 2 is 2.13 bits per heavy atom. The molecular formula is C15H13N3O3S2. The minimum atomic E-state index is -0.569. The number of para-hydroxylation sites is 2. The molecule has 3 aromatic rings. The number of aromatic nitrogens is 1. The molecule has 0 spiro atoms. The van der Waals surface area contributed by atoms with Crippen LogP contribution < -0.4 is 11.1 Å². The van der Waals surface area contributed by atoms with Crippen molar-refractivity contribution in [3.63, 3.8) is 0 Å². The molecule has 0 aliphatic heterocycles. The Labute approximate surface area is 140 Å². The second-order valence-electron chi connectivity index (χ2n) is 4.72. The number of thiophene rings is 1. The number of anilines is 1. The zero-order chi connectivity index (χ0) is 16.4. The molecule has 3 N–H and O–H groups in total. The maximum Gasteiger partial charge on any atom is 0.257 e. The average molecular weight is 347 g/mol. The van der Waals surface area contributed by atoms with Crippen LogP contribution in [-0.2, 0) is 4.79 Å². The van der Waals surface area contributed by atoms with E-state index in [1.165, 1.54) is 23.1 Å². The summed E-state index contributed by atoms with van der Waals surface area (Å²) in [6.45, 7) is 1.74. The van der Waals surface area contributed by atoms with E-state index in [2.05, 4.69) is 10.3 Å². The van der Waals surface area contributed by atoms with Gasteiger partial charge in [0.1, 0.15) is 10.5 Å². The molecule has 0 unspecified atom stereocenters. The van der Waals surface area contributed by atoms with Crippen molar-refractivity contribution in [2.75, 3.05) is 5.32 Å². The first-order chi connectivity index (χ1) is 11.0. The Morgan fingerprint density at radius 1 is 1.35 bits per heavy atom. The van der Waals surface area contributed by atoms with E-state index in [9.17, 15) is 9.59 Å². The molecule has 0 aliphatic rings. The second-order valence-corrected chi connectivity index (χ2v) is 6.93. The molecular weight excluding hydrogens is 334 g/mol. The fourth-order valence-corrected chi connectivity index (χ4v) is 3.47. The number of thioether (sulfide) groups is 1. The van der Waals surface area contributed by atoms with Crippen molar-refractivity contribution in [2.24, 2.45) is 5.73 Å². The lowest BCUT2D eigenvalue weighted by Crippen LogP contribution is -2.23. The highest BCUT2D eigenvalue weighted by Crippen LogP contribution is 2.28. The molecule has 0 saturated carbocycles. The van der Waals surface area contributed by atoms with Gasteiger partial charge in [0, 0.05) is 0 Å². The molecule has 8 heteroatoms. The largest absolute Gasteiger partial charge is 0.431 e. The standard InChI is InChI=1S/C15H13N3O3S2/c1-8(13(20)18-14-9(12(16)19)6-7-22-14)23-15-17-10-4-2-3-5-11(10)21-15/h2-8H,1H3,(H2,16,19)(H,18,20)/t8-/m1/s1. The van der Waals surface area contributed by atoms with Crippen LogP contribution in [0.1, 0.15) is 17.3 Å². The van der Waals surface area contributed by atoms with Crippen LogP contribution in [0.15, 0.2) is 45.4 Å². The van der Waals surface area contributed by atoms with E-state index in [-0.39, 0.29) is 5.91 Å². The van der Waals surface area contributed by atoms with Crippen LogP contribution >= 0.6 is 23.1 Å². The number of nitrogens with two attached hydrogens (primary N) is 1. The smallest absolute Gasteiger partial charge is 0.257 e. The first-order valence-corrected chi connectivity index (χ1v) is 8.51. The average Bonchev–Trinajstić information content (AvgIpc) is 3.12. The van der Waals surface area contributed by atoms with E-state index < -0.39 is 11.2 Å². The van der Waals surface area contributed by atoms with Crippen molar-refractivity contribution in [1.29, 1.82) is 0 Å². The van der Waals surface area contributed by atoms with E-state index in [0.29, 0.717) is 21.4 Å². The van der Waals surface area contributed by atoms with Crippen molar-refractivity contribution < 1.29 is 14.0 Å². The Kier molecular flexibility index (Phi) is 4.35. The fourth-order valence-electron chi connectivity index (χ4n) is 1.92. The molecule has 0 saturated heterocycles. The quantitative estimate of drug-likeness (QED) is 0.691. The normalized spacial score (nSPS) is 12.2. The van der Waals surface area contributed by atoms with Gasteiger partial charge in [-0.15, -0.1) is 11.3 Å². The summed E-state index contributed by atoms with van der Waals surface area (Å²) in [6, 6.07) is 8.99. The lowest BCUT2D eigenvalue weighted by Gasteiger charge is -2.09. The number of primary amides is 1. The molecule has 23 heavy (non-hydrogen) atoms. The molecule has 0 bridgehead atoms. The van der Waals surface area contributed by atoms with Gasteiger partial charge in [-0.05, 0) is 30.5 Å². The zero-order valence-electron chi connectivity index (χ0n) is 12.1. The highest BCUT2D eigenvalue weighted by Gasteiger charge is 2.20. The van der Waals surface area contributed by atoms with E-state index in [0.717, 1.165) is 5.52 Å². The van der Waals surface area contributed by atoms with Gasteiger partial charge in [0.05, 0.1) is 10.8 Å². The summed E-state index contributed by atoms with van der Waals surface area (Å²) < 4.78 is 5.59. The van der Waals surface area contributed by atoms with Crippen LogP contribution in [0.25, 0.3) is 11.1 Å². The molecule has 118 valence electrons. The van der Waals surface area contributed by atoms with E-state index in [1.54, 1.807) is 18.4 Å². The van der Waals surface area contributed by atoms with Gasteiger partial charge in [0.2, 0.25) is 5.91 Å². The molecule has 2 aromatic heterocycles. The first kappa shape index (κ1) is 15.6. The number of fused-ring (bicyclic) bond motifs is 1. The topological polar surface area (TPSA) is 98.2 Å². The Hall–Kier alpha value is -2.32. The van der Waals surface area contributed by atoms with Crippen molar-refractivity contribution in [2.45, 2.75) is 17.4 Å². The molecule has 2 amide bonds. The van der Waals surface area contributed by atoms with Gasteiger partial charge in [-0.25, -0.2) is 4.98 Å². The number of nitrogens with zero attached hydrogens (tertiary/aromatic N) is 1. The van der Waals surface area contributed by atoms with Crippen molar-refractivity contribution in [3.05, 3.63) is 41.3 Å². The number of carbonyl (C=O) groups excluding carboxylic acids is 2. The van der Waals surface area contributed by atoms with E-state index >= 15 is 0 Å². The van der Waals surface area contributed by atoms with Gasteiger partial charge in [-0.3, -0.25) is 9.59 Å². The maximum atomic E-state index is 12.3. The van der Waals surface area contributed by atoms with E-state index in [1.807, 2.05) is 24.3 Å². The monoisotopic (exact) mass is 347 g/mol. The minimum Gasteiger partial charge on any atom is -0.431 e. The minimum absolute atomic E-state index is 0.248. The summed E-state index contributed by atoms with van der Waals surface area (Å²) in [5.41, 5.74) is 7.00. The first-order valence-electron chi connectivity index (χ1n) is 6.75. The van der Waals surface area contributed by atoms with Crippen molar-refractivity contribution in [3.8, 4) is 0 Å². The van der Waals surface area contributed by atoms with Gasteiger partial charge in [-0.1, -0.05) is 23.9 Å². The number of rotatable bonds is 5. The summed E-state index contributed by atoms with van der Waals surface area (Å²) in [7, 11) is 0. The highest BCUT2D eigenvalue weighted by molar-refractivity contribution is 8.00. The number of benzene rings is 1. The number of carbonyl (C=O) groups is 2. The summed E-state index contributed by atoms with van der Waals surface area (Å²) in [5, 5.41) is 4.86. The molecule has 0 aliphatic carbocycles. The van der Waals surface area contributed by atoms with Crippen LogP contribution in [0.3, 0.4) is 0 Å². The van der Waals surface area contributed by atoms with Crippen LogP contribution in [0.2, 0.25) is 0 Å². The van der Waals surface area contributed by atoms with Gasteiger partial charge >= 0.3 is 0 Å². The summed E-state index contributed by atoms with van der Waals surface area (Å²) in [5.74, 6) is -0.817. The van der Waals surface area contributed by atoms with Crippen molar-refractivity contribution in [1.82, 2.24) is 4.98 Å². The lowest BCUT2D eigenvalue weighted by atomic mass is 10.3. The van der Waals surface area contributed by atoms with Gasteiger partial charge in [0.15, 0.2) is 5.58 Å². The Morgan fingerprint density at radius 3 is 2.87 bits per heavy atom. The third kappa shape index (κ3) is 3.38. The van der Waals surface area contributed by atoms with Crippen LogP contribution in [-0.4, -0.2) is 22.0 Å². The lowest BCUT2D eigenvalue weighted by molar-refractivity contribution is -0.115. The molecule has 2 heterocycles. The molecule has 6 nitrogen and oxygen atoms in total. The Balaban J connectivity index is 1.69. The van der Waals surface area contributed by atoms with Crippen LogP contribution in [0.5, 0.6) is 0 Å². The van der Waals surface area contributed by atoms with E-state index in [4.69, 9.17) is 10.2 Å². The number of oxazole rings is 1. The summed E-state index contributed by atoms with van der Waals surface area (Å²) in [6.07, 6.45) is 0. The molecule has 0 radical (unpaired) electrons. The fraction of sp³-hybridized carbons (Fsp3) is 0.133. The molecule has 0 fully saturated rings. The third-order valence-electron chi connectivity index (χ3n) is 3.09. The second kappa shape index (κ2) is 6.43. The predicted octanol–water partition coefficient (Wildman–Crippen LogP) is 3.11. The van der Waals surface area contributed by atoms with Gasteiger partial charge < -0.3 is 15.5 Å². The molecule has 3 rings (SSSR count). The van der Waals surface area contributed by atoms with Crippen molar-refractivity contribution >= 4 is 51.0 Å². The van der Waals surface area contributed by atoms with Gasteiger partial charge in [-0.2, -0.15) is 0 Å². The third-order valence-corrected chi connectivity index (χ3v) is 4.86. The van der Waals surface area contributed by atoms with Crippen LogP contribution in [0.4, 0.5) is 5.00 Å². The molecule has 1 aromatic carbocycles. The highest BCUT2D eigenvalue weighted by atomic mass is 32.2. The number of amides is 2. The zero-order valence-corrected chi connectivity index (χ0v) is 13.7. The predicted molar refractivity (Wildman–Crippen MR) is 90.8 cm³/mol. The Bertz CT molecular complexity index is 839. The number of hydrogen-bond acceptors (Lipinski definition) is 6. The van der Waals surface area contributed by atoms with Gasteiger partial charge in [0.25, 0.3) is 11.1 Å². The summed E-state index contributed by atoms with van der Waals surface area (Å²) in [4.78, 5) is 27.9. The SMILES string of the molecule is C[C@@H](Sc1nc2ccccc2o1)C(=O)Nc1sccc1C(N)=O.